The van der Waals surface area contributed by atoms with Crippen molar-refractivity contribution in [2.45, 2.75) is 109 Å². The van der Waals surface area contributed by atoms with Crippen LogP contribution in [0.25, 0.3) is 0 Å². The maximum absolute atomic E-state index is 9.55. The van der Waals surface area contributed by atoms with Crippen molar-refractivity contribution in [2.24, 2.45) is 0 Å². The standard InChI is InChI=1S/C27H50NO/c1-4-5-6-7-8-9-10-11-12-13-14-15-16-20-24-28(2,3)27(23-25-29)26-21-18-17-19-22-26/h17-19,21-22,27,29H,4-16,20,23-25H2,1-3H3/q+1. The van der Waals surface area contributed by atoms with Crippen LogP contribution in [0.1, 0.15) is 115 Å². The SMILES string of the molecule is CCCCCCCCCCCCCCCC[N+](C)(C)C(CCO)c1ccccc1. The van der Waals surface area contributed by atoms with Crippen LogP contribution < -0.4 is 0 Å². The number of hydrogen-bond acceptors (Lipinski definition) is 1. The number of hydrogen-bond donors (Lipinski definition) is 1. The Bertz CT molecular complexity index is 471. The van der Waals surface area contributed by atoms with Gasteiger partial charge in [-0.2, -0.15) is 0 Å². The van der Waals surface area contributed by atoms with Gasteiger partial charge in [0, 0.05) is 18.6 Å². The predicted octanol–water partition coefficient (Wildman–Crippen LogP) is 7.67. The molecule has 1 N–H and O–H groups in total. The molecule has 1 aromatic rings. The third kappa shape index (κ3) is 12.4. The molecule has 168 valence electrons. The van der Waals surface area contributed by atoms with E-state index in [4.69, 9.17) is 0 Å². The minimum atomic E-state index is 0.264. The Kier molecular flexibility index (Phi) is 15.2. The van der Waals surface area contributed by atoms with E-state index in [1.165, 1.54) is 102 Å². The van der Waals surface area contributed by atoms with E-state index in [0.29, 0.717) is 6.04 Å². The molecule has 0 spiro atoms. The van der Waals surface area contributed by atoms with Gasteiger partial charge in [-0.3, -0.25) is 0 Å². The normalized spacial score (nSPS) is 13.0. The van der Waals surface area contributed by atoms with Gasteiger partial charge >= 0.3 is 0 Å². The molecule has 2 heteroatoms. The topological polar surface area (TPSA) is 20.2 Å². The van der Waals surface area contributed by atoms with Crippen LogP contribution in [0.15, 0.2) is 30.3 Å². The van der Waals surface area contributed by atoms with Gasteiger partial charge in [0.25, 0.3) is 0 Å². The fourth-order valence-corrected chi connectivity index (χ4v) is 4.59. The van der Waals surface area contributed by atoms with Gasteiger partial charge in [-0.25, -0.2) is 0 Å². The first kappa shape index (κ1) is 26.2. The zero-order chi connectivity index (χ0) is 21.2. The maximum Gasteiger partial charge on any atom is 0.116 e. The minimum Gasteiger partial charge on any atom is -0.396 e. The van der Waals surface area contributed by atoms with Crippen LogP contribution in [-0.4, -0.2) is 36.8 Å². The van der Waals surface area contributed by atoms with Crippen molar-refractivity contribution in [1.82, 2.24) is 0 Å². The van der Waals surface area contributed by atoms with E-state index in [0.717, 1.165) is 10.9 Å². The highest BCUT2D eigenvalue weighted by Crippen LogP contribution is 2.29. The predicted molar refractivity (Wildman–Crippen MR) is 128 cm³/mol. The largest absolute Gasteiger partial charge is 0.396 e. The monoisotopic (exact) mass is 404 g/mol. The zero-order valence-corrected chi connectivity index (χ0v) is 19.9. The molecule has 1 rings (SSSR count). The van der Waals surface area contributed by atoms with E-state index in [1.54, 1.807) is 0 Å². The number of aliphatic hydroxyl groups excluding tert-OH is 1. The van der Waals surface area contributed by atoms with Gasteiger partial charge in [0.15, 0.2) is 0 Å². The molecule has 0 heterocycles. The first-order valence-electron chi connectivity index (χ1n) is 12.6. The molecule has 1 aromatic carbocycles. The van der Waals surface area contributed by atoms with Gasteiger partial charge in [0.1, 0.15) is 6.04 Å². The molecule has 1 atom stereocenters. The van der Waals surface area contributed by atoms with Crippen molar-refractivity contribution >= 4 is 0 Å². The van der Waals surface area contributed by atoms with Crippen LogP contribution in [0.3, 0.4) is 0 Å². The lowest BCUT2D eigenvalue weighted by Crippen LogP contribution is -2.44. The number of rotatable bonds is 19. The fourth-order valence-electron chi connectivity index (χ4n) is 4.59. The molecule has 0 aliphatic carbocycles. The molecule has 1 unspecified atom stereocenters. The number of aliphatic hydroxyl groups is 1. The molecule has 0 aliphatic heterocycles. The minimum absolute atomic E-state index is 0.264. The molecule has 29 heavy (non-hydrogen) atoms. The Morgan fingerprint density at radius 3 is 1.59 bits per heavy atom. The van der Waals surface area contributed by atoms with Crippen LogP contribution in [0, 0.1) is 0 Å². The molecule has 2 nitrogen and oxygen atoms in total. The van der Waals surface area contributed by atoms with Crippen LogP contribution in [-0.2, 0) is 0 Å². The highest BCUT2D eigenvalue weighted by Gasteiger charge is 2.28. The number of unbranched alkanes of at least 4 members (excludes halogenated alkanes) is 13. The Hall–Kier alpha value is -0.860. The van der Waals surface area contributed by atoms with Crippen molar-refractivity contribution in [3.05, 3.63) is 35.9 Å². The van der Waals surface area contributed by atoms with E-state index in [-0.39, 0.29) is 6.61 Å². The van der Waals surface area contributed by atoms with Crippen LogP contribution in [0.5, 0.6) is 0 Å². The second-order valence-electron chi connectivity index (χ2n) is 9.54. The molecule has 0 saturated heterocycles. The molecule has 0 radical (unpaired) electrons. The molecule has 0 amide bonds. The summed E-state index contributed by atoms with van der Waals surface area (Å²) in [6, 6.07) is 11.1. The highest BCUT2D eigenvalue weighted by atomic mass is 16.3. The smallest absolute Gasteiger partial charge is 0.116 e. The van der Waals surface area contributed by atoms with Gasteiger partial charge in [-0.05, 0) is 12.8 Å². The Balaban J connectivity index is 2.07. The van der Waals surface area contributed by atoms with Gasteiger partial charge in [0.2, 0.25) is 0 Å². The Morgan fingerprint density at radius 2 is 1.14 bits per heavy atom. The third-order valence-electron chi connectivity index (χ3n) is 6.52. The van der Waals surface area contributed by atoms with E-state index in [1.807, 2.05) is 0 Å². The summed E-state index contributed by atoms with van der Waals surface area (Å²) >= 11 is 0. The van der Waals surface area contributed by atoms with Gasteiger partial charge in [0.05, 0.1) is 20.6 Å². The first-order valence-corrected chi connectivity index (χ1v) is 12.6. The second kappa shape index (κ2) is 16.9. The quantitative estimate of drug-likeness (QED) is 0.185. The lowest BCUT2D eigenvalue weighted by molar-refractivity contribution is -0.921. The van der Waals surface area contributed by atoms with Crippen molar-refractivity contribution in [3.8, 4) is 0 Å². The fraction of sp³-hybridized carbons (Fsp3) is 0.778. The summed E-state index contributed by atoms with van der Waals surface area (Å²) in [6.07, 6.45) is 20.6. The lowest BCUT2D eigenvalue weighted by atomic mass is 10.00. The first-order chi connectivity index (χ1) is 14.1. The molecule has 0 fully saturated rings. The van der Waals surface area contributed by atoms with Crippen molar-refractivity contribution < 1.29 is 9.59 Å². The zero-order valence-electron chi connectivity index (χ0n) is 19.9. The Labute approximate surface area is 182 Å². The highest BCUT2D eigenvalue weighted by molar-refractivity contribution is 5.17. The second-order valence-corrected chi connectivity index (χ2v) is 9.54. The molecular weight excluding hydrogens is 354 g/mol. The molecular formula is C27H50NO+. The number of quaternary nitrogens is 1. The summed E-state index contributed by atoms with van der Waals surface area (Å²) in [5.74, 6) is 0. The average Bonchev–Trinajstić information content (AvgIpc) is 2.72. The van der Waals surface area contributed by atoms with Crippen LogP contribution in [0.2, 0.25) is 0 Å². The van der Waals surface area contributed by atoms with E-state index in [9.17, 15) is 5.11 Å². The summed E-state index contributed by atoms with van der Waals surface area (Å²) in [5, 5.41) is 9.55. The van der Waals surface area contributed by atoms with Crippen LogP contribution in [0.4, 0.5) is 0 Å². The summed E-state index contributed by atoms with van der Waals surface area (Å²) in [6.45, 7) is 3.75. The lowest BCUT2D eigenvalue weighted by Gasteiger charge is -2.38. The summed E-state index contributed by atoms with van der Waals surface area (Å²) in [5.41, 5.74) is 1.36. The molecule has 0 aromatic heterocycles. The Morgan fingerprint density at radius 1 is 0.690 bits per heavy atom. The summed E-state index contributed by atoms with van der Waals surface area (Å²) in [4.78, 5) is 0. The van der Waals surface area contributed by atoms with Crippen molar-refractivity contribution in [3.63, 3.8) is 0 Å². The van der Waals surface area contributed by atoms with E-state index >= 15 is 0 Å². The van der Waals surface area contributed by atoms with Gasteiger partial charge < -0.3 is 9.59 Å². The number of nitrogens with zero attached hydrogens (tertiary/aromatic N) is 1. The average molecular weight is 405 g/mol. The third-order valence-corrected chi connectivity index (χ3v) is 6.52. The molecule has 0 bridgehead atoms. The number of benzene rings is 1. The van der Waals surface area contributed by atoms with Gasteiger partial charge in [-0.1, -0.05) is 114 Å². The van der Waals surface area contributed by atoms with E-state index in [2.05, 4.69) is 51.4 Å². The summed E-state index contributed by atoms with van der Waals surface area (Å²) < 4.78 is 0.975. The van der Waals surface area contributed by atoms with Crippen molar-refractivity contribution in [1.29, 1.82) is 0 Å². The molecule has 0 saturated carbocycles. The van der Waals surface area contributed by atoms with Gasteiger partial charge in [-0.15, -0.1) is 0 Å². The maximum atomic E-state index is 9.55. The molecule has 0 aliphatic rings. The van der Waals surface area contributed by atoms with E-state index < -0.39 is 0 Å². The van der Waals surface area contributed by atoms with Crippen LogP contribution >= 0.6 is 0 Å². The van der Waals surface area contributed by atoms with Crippen molar-refractivity contribution in [2.75, 3.05) is 27.2 Å². The summed E-state index contributed by atoms with van der Waals surface area (Å²) in [7, 11) is 4.66.